The molecule has 0 aliphatic carbocycles. The number of ether oxygens (including phenoxy) is 1. The van der Waals surface area contributed by atoms with Gasteiger partial charge in [-0.3, -0.25) is 10.1 Å². The van der Waals surface area contributed by atoms with Crippen LogP contribution in [0.15, 0.2) is 70.2 Å². The lowest BCUT2D eigenvalue weighted by molar-refractivity contribution is -0.384. The average Bonchev–Trinajstić information content (AvgIpc) is 3.16. The van der Waals surface area contributed by atoms with Crippen LogP contribution in [0, 0.1) is 10.1 Å². The highest BCUT2D eigenvalue weighted by atomic mass is 16.6. The van der Waals surface area contributed by atoms with Gasteiger partial charge in [-0.2, -0.15) is 5.10 Å². The SMILES string of the molecule is COc1cc([N+](=O)[O-])ccc1-c1ccc(/C=N\NC(=O)Nc2ccccc2)o1. The molecule has 0 saturated heterocycles. The van der Waals surface area contributed by atoms with Crippen molar-refractivity contribution in [1.29, 1.82) is 0 Å². The zero-order chi connectivity index (χ0) is 19.9. The van der Waals surface area contributed by atoms with E-state index >= 15 is 0 Å². The first kappa shape index (κ1) is 18.6. The molecular formula is C19H16N4O5. The average molecular weight is 380 g/mol. The number of para-hydroxylation sites is 1. The van der Waals surface area contributed by atoms with Gasteiger partial charge in [0.25, 0.3) is 5.69 Å². The van der Waals surface area contributed by atoms with Crippen molar-refractivity contribution >= 4 is 23.6 Å². The first-order valence-corrected chi connectivity index (χ1v) is 8.14. The third-order valence-corrected chi connectivity index (χ3v) is 3.68. The fourth-order valence-electron chi connectivity index (χ4n) is 2.40. The van der Waals surface area contributed by atoms with Crippen molar-refractivity contribution in [1.82, 2.24) is 5.43 Å². The molecule has 0 bridgehead atoms. The van der Waals surface area contributed by atoms with Crippen LogP contribution in [-0.4, -0.2) is 24.3 Å². The molecular weight excluding hydrogens is 364 g/mol. The van der Waals surface area contributed by atoms with Crippen LogP contribution >= 0.6 is 0 Å². The Balaban J connectivity index is 1.66. The first-order valence-electron chi connectivity index (χ1n) is 8.14. The number of nitro benzene ring substituents is 1. The van der Waals surface area contributed by atoms with Crippen LogP contribution < -0.4 is 15.5 Å². The summed E-state index contributed by atoms with van der Waals surface area (Å²) in [4.78, 5) is 22.1. The minimum Gasteiger partial charge on any atom is -0.496 e. The third kappa shape index (κ3) is 4.52. The molecule has 9 heteroatoms. The minimum absolute atomic E-state index is 0.0810. The first-order chi connectivity index (χ1) is 13.6. The summed E-state index contributed by atoms with van der Waals surface area (Å²) in [6.07, 6.45) is 1.34. The van der Waals surface area contributed by atoms with E-state index < -0.39 is 11.0 Å². The van der Waals surface area contributed by atoms with Crippen molar-refractivity contribution < 1.29 is 18.9 Å². The number of nitrogens with zero attached hydrogens (tertiary/aromatic N) is 2. The maximum Gasteiger partial charge on any atom is 0.339 e. The molecule has 2 aromatic carbocycles. The lowest BCUT2D eigenvalue weighted by Gasteiger charge is -2.05. The number of rotatable bonds is 6. The molecule has 2 amide bonds. The molecule has 0 radical (unpaired) electrons. The summed E-state index contributed by atoms with van der Waals surface area (Å²) >= 11 is 0. The van der Waals surface area contributed by atoms with Crippen molar-refractivity contribution in [2.45, 2.75) is 0 Å². The molecule has 9 nitrogen and oxygen atoms in total. The second kappa shape index (κ2) is 8.49. The Morgan fingerprint density at radius 1 is 1.18 bits per heavy atom. The van der Waals surface area contributed by atoms with Crippen molar-refractivity contribution in [2.75, 3.05) is 12.4 Å². The van der Waals surface area contributed by atoms with Crippen LogP contribution in [-0.2, 0) is 0 Å². The number of amides is 2. The number of furan rings is 1. The lowest BCUT2D eigenvalue weighted by atomic mass is 10.1. The lowest BCUT2D eigenvalue weighted by Crippen LogP contribution is -2.24. The maximum atomic E-state index is 11.8. The van der Waals surface area contributed by atoms with Crippen molar-refractivity contribution in [3.63, 3.8) is 0 Å². The molecule has 0 atom stereocenters. The van der Waals surface area contributed by atoms with Crippen LogP contribution in [0.3, 0.4) is 0 Å². The Hall–Kier alpha value is -4.14. The zero-order valence-corrected chi connectivity index (χ0v) is 14.8. The number of hydrogen-bond acceptors (Lipinski definition) is 6. The minimum atomic E-state index is -0.501. The predicted molar refractivity (Wildman–Crippen MR) is 104 cm³/mol. The van der Waals surface area contributed by atoms with E-state index in [1.165, 1.54) is 25.5 Å². The Morgan fingerprint density at radius 2 is 1.96 bits per heavy atom. The number of nitro groups is 1. The summed E-state index contributed by atoms with van der Waals surface area (Å²) < 4.78 is 10.8. The number of carbonyl (C=O) groups excluding carboxylic acids is 1. The molecule has 28 heavy (non-hydrogen) atoms. The van der Waals surface area contributed by atoms with E-state index in [2.05, 4.69) is 15.8 Å². The van der Waals surface area contributed by atoms with Crippen molar-refractivity contribution in [3.8, 4) is 17.1 Å². The number of hydrazone groups is 1. The number of anilines is 1. The van der Waals surface area contributed by atoms with Crippen LogP contribution in [0.25, 0.3) is 11.3 Å². The fraction of sp³-hybridized carbons (Fsp3) is 0.0526. The van der Waals surface area contributed by atoms with Gasteiger partial charge in [0.2, 0.25) is 0 Å². The highest BCUT2D eigenvalue weighted by molar-refractivity contribution is 5.90. The van der Waals surface area contributed by atoms with Gasteiger partial charge in [0.1, 0.15) is 17.3 Å². The zero-order valence-electron chi connectivity index (χ0n) is 14.8. The van der Waals surface area contributed by atoms with Gasteiger partial charge in [0.15, 0.2) is 0 Å². The second-order valence-corrected chi connectivity index (χ2v) is 5.53. The number of hydrogen-bond donors (Lipinski definition) is 2. The monoisotopic (exact) mass is 380 g/mol. The highest BCUT2D eigenvalue weighted by Crippen LogP contribution is 2.33. The van der Waals surface area contributed by atoms with Crippen LogP contribution in [0.4, 0.5) is 16.2 Å². The van der Waals surface area contributed by atoms with Crippen LogP contribution in [0.5, 0.6) is 5.75 Å². The summed E-state index contributed by atoms with van der Waals surface area (Å²) in [5.74, 6) is 1.14. The molecule has 142 valence electrons. The van der Waals surface area contributed by atoms with Gasteiger partial charge in [-0.25, -0.2) is 10.2 Å². The van der Waals surface area contributed by atoms with Crippen LogP contribution in [0.1, 0.15) is 5.76 Å². The van der Waals surface area contributed by atoms with Gasteiger partial charge in [0.05, 0.1) is 29.9 Å². The summed E-state index contributed by atoms with van der Waals surface area (Å²) in [5, 5.41) is 17.3. The van der Waals surface area contributed by atoms with E-state index in [4.69, 9.17) is 9.15 Å². The Bertz CT molecular complexity index is 1010. The fourth-order valence-corrected chi connectivity index (χ4v) is 2.40. The van der Waals surface area contributed by atoms with E-state index in [0.29, 0.717) is 28.5 Å². The highest BCUT2D eigenvalue weighted by Gasteiger charge is 2.15. The van der Waals surface area contributed by atoms with Gasteiger partial charge in [0, 0.05) is 11.8 Å². The topological polar surface area (TPSA) is 119 Å². The molecule has 2 N–H and O–H groups in total. The summed E-state index contributed by atoms with van der Waals surface area (Å²) in [6.45, 7) is 0. The van der Waals surface area contributed by atoms with Gasteiger partial charge in [-0.15, -0.1) is 0 Å². The smallest absolute Gasteiger partial charge is 0.339 e. The van der Waals surface area contributed by atoms with E-state index in [1.807, 2.05) is 6.07 Å². The number of nitrogens with one attached hydrogen (secondary N) is 2. The molecule has 0 fully saturated rings. The number of non-ortho nitro benzene ring substituents is 1. The normalized spacial score (nSPS) is 10.6. The third-order valence-electron chi connectivity index (χ3n) is 3.68. The van der Waals surface area contributed by atoms with Crippen LogP contribution in [0.2, 0.25) is 0 Å². The standard InChI is InChI=1S/C19H16N4O5/c1-27-18-11-14(23(25)26)7-9-16(18)17-10-8-15(28-17)12-20-22-19(24)21-13-5-3-2-4-6-13/h2-12H,1H3,(H2,21,22,24)/b20-12-. The van der Waals surface area contributed by atoms with Crippen molar-refractivity contribution in [3.05, 3.63) is 76.5 Å². The Labute approximate surface area is 159 Å². The van der Waals surface area contributed by atoms with Gasteiger partial charge in [-0.05, 0) is 30.3 Å². The molecule has 0 saturated carbocycles. The quantitative estimate of drug-likeness (QED) is 0.380. The molecule has 3 aromatic rings. The molecule has 0 aliphatic rings. The molecule has 1 aromatic heterocycles. The molecule has 0 aliphatic heterocycles. The summed E-state index contributed by atoms with van der Waals surface area (Å²) in [5.41, 5.74) is 3.45. The summed E-state index contributed by atoms with van der Waals surface area (Å²) in [7, 11) is 1.42. The predicted octanol–water partition coefficient (Wildman–Crippen LogP) is 4.02. The number of carbonyl (C=O) groups is 1. The number of urea groups is 1. The van der Waals surface area contributed by atoms with Gasteiger partial charge in [-0.1, -0.05) is 18.2 Å². The van der Waals surface area contributed by atoms with E-state index in [1.54, 1.807) is 42.5 Å². The van der Waals surface area contributed by atoms with Crippen molar-refractivity contribution in [2.24, 2.45) is 5.10 Å². The number of methoxy groups -OCH3 is 1. The maximum absolute atomic E-state index is 11.8. The molecule has 0 spiro atoms. The summed E-state index contributed by atoms with van der Waals surface area (Å²) in [6, 6.07) is 16.0. The molecule has 1 heterocycles. The molecule has 0 unspecified atom stereocenters. The Morgan fingerprint density at radius 3 is 2.68 bits per heavy atom. The Kier molecular flexibility index (Phi) is 5.66. The van der Waals surface area contributed by atoms with Gasteiger partial charge >= 0.3 is 6.03 Å². The van der Waals surface area contributed by atoms with Gasteiger partial charge < -0.3 is 14.5 Å². The molecule has 3 rings (SSSR count). The van der Waals surface area contributed by atoms with E-state index in [-0.39, 0.29) is 5.69 Å². The largest absolute Gasteiger partial charge is 0.496 e. The second-order valence-electron chi connectivity index (χ2n) is 5.53. The number of benzene rings is 2. The van der Waals surface area contributed by atoms with E-state index in [9.17, 15) is 14.9 Å². The van der Waals surface area contributed by atoms with E-state index in [0.717, 1.165) is 0 Å².